The van der Waals surface area contributed by atoms with Gasteiger partial charge in [0.05, 0.1) is 30.6 Å². The molecule has 5 aromatic rings. The Morgan fingerprint density at radius 3 is 1.44 bits per heavy atom. The monoisotopic (exact) mass is 806 g/mol. The standard InChI is InChI=1S/C45H58N8O6/c1-24(2)34(50-42(56)57)40(54)52-36(44(5,6)7)38-46-22-32(48-38)27-14-12-26(13-15-27)28-16-17-30-21-31(19-18-29(30)20-28)33-23-47-39(49-33)37(45(8,9)10)53-41(55)35(25(3)4)51-43(58)59-11/h12-25,34-37,50H,1-11H3,(H,46,48)(H,47,49)(H,51,58)(H,52,54)(H,53,55)(H,56,57). The van der Waals surface area contributed by atoms with E-state index in [1.54, 1.807) is 13.8 Å². The molecule has 14 nitrogen and oxygen atoms in total. The molecule has 3 aromatic carbocycles. The number of ether oxygens (including phenoxy) is 1. The van der Waals surface area contributed by atoms with Crippen LogP contribution in [0.15, 0.2) is 73.1 Å². The normalized spacial score (nSPS) is 14.1. The van der Waals surface area contributed by atoms with Gasteiger partial charge in [0, 0.05) is 23.5 Å². The largest absolute Gasteiger partial charge is 0.465 e. The molecule has 14 heteroatoms. The van der Waals surface area contributed by atoms with Crippen LogP contribution < -0.4 is 21.3 Å². The summed E-state index contributed by atoms with van der Waals surface area (Å²) in [5.41, 5.74) is 4.56. The number of methoxy groups -OCH3 is 1. The molecule has 0 saturated heterocycles. The first-order valence-corrected chi connectivity index (χ1v) is 19.9. The maximum absolute atomic E-state index is 13.4. The molecular weight excluding hydrogens is 749 g/mol. The van der Waals surface area contributed by atoms with Crippen molar-refractivity contribution in [2.45, 2.75) is 93.4 Å². The second kappa shape index (κ2) is 17.8. The molecule has 0 radical (unpaired) electrons. The molecule has 0 aliphatic carbocycles. The highest BCUT2D eigenvalue weighted by atomic mass is 16.5. The highest BCUT2D eigenvalue weighted by Gasteiger charge is 2.35. The van der Waals surface area contributed by atoms with Crippen LogP contribution in [0.2, 0.25) is 0 Å². The summed E-state index contributed by atoms with van der Waals surface area (Å²) in [7, 11) is 1.27. The molecular formula is C45H58N8O6. The Hall–Kier alpha value is -6.18. The molecule has 0 fully saturated rings. The molecule has 0 spiro atoms. The number of fused-ring (bicyclic) bond motifs is 1. The van der Waals surface area contributed by atoms with E-state index in [1.165, 1.54) is 7.11 Å². The van der Waals surface area contributed by atoms with Crippen LogP contribution in [0.5, 0.6) is 0 Å². The quantitative estimate of drug-likeness (QED) is 0.0615. The molecule has 2 heterocycles. The molecule has 4 atom stereocenters. The smallest absolute Gasteiger partial charge is 0.407 e. The molecule has 0 bridgehead atoms. The van der Waals surface area contributed by atoms with Crippen LogP contribution >= 0.6 is 0 Å². The summed E-state index contributed by atoms with van der Waals surface area (Å²) in [5.74, 6) is 0.0453. The third-order valence-electron chi connectivity index (χ3n) is 10.3. The first-order valence-electron chi connectivity index (χ1n) is 19.9. The maximum Gasteiger partial charge on any atom is 0.407 e. The molecule has 0 saturated carbocycles. The highest BCUT2D eigenvalue weighted by molar-refractivity contribution is 5.91. The van der Waals surface area contributed by atoms with Crippen LogP contribution in [-0.2, 0) is 14.3 Å². The fraction of sp³-hybridized carbons (Fsp3) is 0.422. The summed E-state index contributed by atoms with van der Waals surface area (Å²) in [6.07, 6.45) is 1.73. The topological polar surface area (TPSA) is 203 Å². The summed E-state index contributed by atoms with van der Waals surface area (Å²) in [4.78, 5) is 66.2. The number of hydrogen-bond acceptors (Lipinski definition) is 7. The number of carbonyl (C=O) groups excluding carboxylic acids is 3. The average molecular weight is 807 g/mol. The number of benzene rings is 3. The van der Waals surface area contributed by atoms with Crippen LogP contribution in [-0.4, -0.2) is 68.2 Å². The highest BCUT2D eigenvalue weighted by Crippen LogP contribution is 2.35. The number of H-pyrrole nitrogens is 2. The zero-order valence-electron chi connectivity index (χ0n) is 35.8. The first-order chi connectivity index (χ1) is 27.7. The Morgan fingerprint density at radius 2 is 1.00 bits per heavy atom. The third kappa shape index (κ3) is 10.7. The number of nitrogens with one attached hydrogen (secondary N) is 6. The molecule has 4 unspecified atom stereocenters. The Balaban J connectivity index is 1.32. The molecule has 314 valence electrons. The van der Waals surface area contributed by atoms with Crippen molar-refractivity contribution in [3.05, 3.63) is 84.7 Å². The van der Waals surface area contributed by atoms with E-state index in [1.807, 2.05) is 86.0 Å². The minimum absolute atomic E-state index is 0.165. The van der Waals surface area contributed by atoms with Crippen LogP contribution in [0.1, 0.15) is 93.0 Å². The summed E-state index contributed by atoms with van der Waals surface area (Å²) in [5, 5.41) is 22.5. The zero-order chi connectivity index (χ0) is 43.4. The lowest BCUT2D eigenvalue weighted by molar-refractivity contribution is -0.126. The van der Waals surface area contributed by atoms with Gasteiger partial charge in [-0.05, 0) is 56.7 Å². The van der Waals surface area contributed by atoms with Gasteiger partial charge in [0.1, 0.15) is 23.7 Å². The van der Waals surface area contributed by atoms with Crippen molar-refractivity contribution in [2.24, 2.45) is 22.7 Å². The van der Waals surface area contributed by atoms with E-state index in [4.69, 9.17) is 14.7 Å². The van der Waals surface area contributed by atoms with E-state index < -0.39 is 53.1 Å². The van der Waals surface area contributed by atoms with Crippen molar-refractivity contribution in [1.82, 2.24) is 41.2 Å². The van der Waals surface area contributed by atoms with Gasteiger partial charge in [0.2, 0.25) is 11.8 Å². The predicted octanol–water partition coefficient (Wildman–Crippen LogP) is 8.37. The fourth-order valence-electron chi connectivity index (χ4n) is 6.93. The summed E-state index contributed by atoms with van der Waals surface area (Å²) >= 11 is 0. The van der Waals surface area contributed by atoms with Gasteiger partial charge in [0.25, 0.3) is 0 Å². The van der Waals surface area contributed by atoms with Crippen molar-refractivity contribution in [2.75, 3.05) is 7.11 Å². The number of nitrogens with zero attached hydrogens (tertiary/aromatic N) is 2. The lowest BCUT2D eigenvalue weighted by atomic mass is 9.85. The number of imidazole rings is 2. The van der Waals surface area contributed by atoms with E-state index >= 15 is 0 Å². The number of alkyl carbamates (subject to hydrolysis) is 1. The van der Waals surface area contributed by atoms with E-state index in [0.29, 0.717) is 11.6 Å². The number of carboxylic acid groups (broad SMARTS) is 1. The van der Waals surface area contributed by atoms with Gasteiger partial charge in [-0.2, -0.15) is 0 Å². The van der Waals surface area contributed by atoms with Crippen LogP contribution in [0, 0.1) is 22.7 Å². The number of aromatic nitrogens is 4. The van der Waals surface area contributed by atoms with Crippen molar-refractivity contribution < 1.29 is 29.0 Å². The van der Waals surface area contributed by atoms with Gasteiger partial charge >= 0.3 is 12.2 Å². The number of carbonyl (C=O) groups is 4. The van der Waals surface area contributed by atoms with E-state index in [0.717, 1.165) is 44.4 Å². The van der Waals surface area contributed by atoms with Gasteiger partial charge in [-0.15, -0.1) is 0 Å². The maximum atomic E-state index is 13.4. The number of amides is 4. The molecule has 2 aromatic heterocycles. The number of rotatable bonds is 13. The van der Waals surface area contributed by atoms with Crippen molar-refractivity contribution in [1.29, 1.82) is 0 Å². The Kier molecular flexibility index (Phi) is 13.2. The molecule has 59 heavy (non-hydrogen) atoms. The van der Waals surface area contributed by atoms with E-state index in [-0.39, 0.29) is 17.7 Å². The zero-order valence-corrected chi connectivity index (χ0v) is 35.8. The molecule has 0 aliphatic heterocycles. The van der Waals surface area contributed by atoms with Gasteiger partial charge in [-0.3, -0.25) is 9.59 Å². The van der Waals surface area contributed by atoms with Crippen LogP contribution in [0.3, 0.4) is 0 Å². The predicted molar refractivity (Wildman–Crippen MR) is 229 cm³/mol. The average Bonchev–Trinajstić information content (AvgIpc) is 3.86. The second-order valence-corrected chi connectivity index (χ2v) is 17.8. The van der Waals surface area contributed by atoms with Gasteiger partial charge in [-0.25, -0.2) is 19.6 Å². The first kappa shape index (κ1) is 43.9. The lowest BCUT2D eigenvalue weighted by Gasteiger charge is -2.32. The van der Waals surface area contributed by atoms with Gasteiger partial charge < -0.3 is 41.1 Å². The van der Waals surface area contributed by atoms with E-state index in [9.17, 15) is 24.3 Å². The second-order valence-electron chi connectivity index (χ2n) is 17.8. The van der Waals surface area contributed by atoms with Crippen LogP contribution in [0.4, 0.5) is 9.59 Å². The number of aromatic amines is 2. The SMILES string of the molecule is COC(=O)NC(C(=O)NC(c1nc(-c2ccc3cc(-c4ccc(-c5c[nH]c(C(NC(=O)C(NC(=O)O)C(C)C)C(C)(C)C)n5)cc4)ccc3c2)c[nH]1)C(C)(C)C)C(C)C. The van der Waals surface area contributed by atoms with Gasteiger partial charge in [0.15, 0.2) is 0 Å². The summed E-state index contributed by atoms with van der Waals surface area (Å²) < 4.78 is 4.74. The molecule has 5 rings (SSSR count). The minimum atomic E-state index is -1.25. The Morgan fingerprint density at radius 1 is 0.593 bits per heavy atom. The van der Waals surface area contributed by atoms with Crippen molar-refractivity contribution in [3.8, 4) is 33.6 Å². The van der Waals surface area contributed by atoms with Crippen LogP contribution in [0.25, 0.3) is 44.4 Å². The van der Waals surface area contributed by atoms with Gasteiger partial charge in [-0.1, -0.05) is 118 Å². The third-order valence-corrected chi connectivity index (χ3v) is 10.3. The molecule has 4 amide bonds. The number of hydrogen-bond donors (Lipinski definition) is 7. The molecule has 7 N–H and O–H groups in total. The summed E-state index contributed by atoms with van der Waals surface area (Å²) in [6.45, 7) is 19.3. The Labute approximate surface area is 345 Å². The van der Waals surface area contributed by atoms with Crippen molar-refractivity contribution >= 4 is 34.8 Å². The van der Waals surface area contributed by atoms with E-state index in [2.05, 4.69) is 73.7 Å². The minimum Gasteiger partial charge on any atom is -0.465 e. The van der Waals surface area contributed by atoms with Crippen molar-refractivity contribution in [3.63, 3.8) is 0 Å². The molecule has 0 aliphatic rings. The fourth-order valence-corrected chi connectivity index (χ4v) is 6.93. The lowest BCUT2D eigenvalue weighted by Crippen LogP contribution is -2.52. The Bertz CT molecular complexity index is 2280. The summed E-state index contributed by atoms with van der Waals surface area (Å²) in [6, 6.07) is 18.0.